The van der Waals surface area contributed by atoms with Gasteiger partial charge in [-0.3, -0.25) is 19.3 Å². The van der Waals surface area contributed by atoms with Gasteiger partial charge in [-0.2, -0.15) is 0 Å². The molecule has 36 heavy (non-hydrogen) atoms. The number of carbonyl (C=O) groups excluding carboxylic acids is 3. The first-order chi connectivity index (χ1) is 17.1. The average Bonchev–Trinajstić information content (AvgIpc) is 3.48. The maximum Gasteiger partial charge on any atom is 0.409 e. The molecule has 3 amide bonds. The summed E-state index contributed by atoms with van der Waals surface area (Å²) < 4.78 is 5.02. The van der Waals surface area contributed by atoms with Crippen molar-refractivity contribution >= 4 is 23.7 Å². The molecule has 3 atom stereocenters. The van der Waals surface area contributed by atoms with E-state index in [0.29, 0.717) is 19.3 Å². The number of likely N-dealkylation sites (tertiary alicyclic amines) is 1. The van der Waals surface area contributed by atoms with Crippen molar-refractivity contribution in [3.05, 3.63) is 53.9 Å². The van der Waals surface area contributed by atoms with Crippen LogP contribution in [0.4, 0.5) is 4.79 Å². The fraction of sp³-hybridized carbons (Fsp3) is 0.500. The van der Waals surface area contributed by atoms with Crippen LogP contribution in [0.3, 0.4) is 0 Å². The molecule has 1 unspecified atom stereocenters. The Morgan fingerprint density at radius 1 is 1.22 bits per heavy atom. The summed E-state index contributed by atoms with van der Waals surface area (Å²) in [6, 6.07) is 8.91. The van der Waals surface area contributed by atoms with E-state index >= 15 is 0 Å². The number of hydrogen-bond donors (Lipinski definition) is 2. The lowest BCUT2D eigenvalue weighted by molar-refractivity contribution is -0.142. The number of nitrogens with one attached hydrogen (secondary N) is 1. The summed E-state index contributed by atoms with van der Waals surface area (Å²) in [4.78, 5) is 54.6. The molecule has 0 saturated carbocycles. The molecule has 1 aliphatic rings. The number of rotatable bonds is 10. The lowest BCUT2D eigenvalue weighted by Crippen LogP contribution is -2.58. The van der Waals surface area contributed by atoms with Crippen LogP contribution in [-0.4, -0.2) is 62.5 Å². The van der Waals surface area contributed by atoms with Crippen molar-refractivity contribution in [3.8, 4) is 0 Å². The van der Waals surface area contributed by atoms with E-state index in [9.17, 15) is 24.3 Å². The molecule has 3 rings (SSSR count). The number of aromatic nitrogens is 1. The third-order valence-electron chi connectivity index (χ3n) is 6.49. The van der Waals surface area contributed by atoms with E-state index < -0.39 is 47.4 Å². The maximum atomic E-state index is 13.4. The topological polar surface area (TPSA) is 133 Å². The molecule has 194 valence electrons. The summed E-state index contributed by atoms with van der Waals surface area (Å²) in [6.07, 6.45) is 0.730. The van der Waals surface area contributed by atoms with Gasteiger partial charge in [-0.1, -0.05) is 69.1 Å². The van der Waals surface area contributed by atoms with Crippen LogP contribution in [0.5, 0.6) is 0 Å². The van der Waals surface area contributed by atoms with Gasteiger partial charge in [0.15, 0.2) is 0 Å². The molecule has 0 spiro atoms. The molecule has 1 fully saturated rings. The van der Waals surface area contributed by atoms with Crippen molar-refractivity contribution in [2.45, 2.75) is 71.6 Å². The molecule has 2 N–H and O–H groups in total. The minimum Gasteiger partial charge on any atom is -0.465 e. The third-order valence-corrected chi connectivity index (χ3v) is 6.49. The standard InChI is InChI=1S/C26H34N4O6/c1-5-6-12-19(22(31)23(32)28-17(2)18-10-8-7-9-11-18)30(25(34)35)21-15-26(3,4)16-29(21)24(33)20-13-14-27-36-20/h7-11,13-14,17,19,21H,5-6,12,15-16H2,1-4H3,(H,28,32)(H,34,35)/t17-,19+,21?/m1/s1. The monoisotopic (exact) mass is 498 g/mol. The molecule has 1 aromatic carbocycles. The number of nitrogens with zero attached hydrogens (tertiary/aromatic N) is 3. The van der Waals surface area contributed by atoms with Crippen LogP contribution in [0.25, 0.3) is 0 Å². The smallest absolute Gasteiger partial charge is 0.409 e. The molecule has 1 saturated heterocycles. The molecule has 2 heterocycles. The summed E-state index contributed by atoms with van der Waals surface area (Å²) in [5, 5.41) is 16.5. The van der Waals surface area contributed by atoms with Gasteiger partial charge in [0, 0.05) is 12.6 Å². The van der Waals surface area contributed by atoms with Crippen LogP contribution in [0, 0.1) is 5.41 Å². The van der Waals surface area contributed by atoms with Gasteiger partial charge in [-0.05, 0) is 30.7 Å². The van der Waals surface area contributed by atoms with Crippen molar-refractivity contribution in [1.29, 1.82) is 0 Å². The molecule has 10 nitrogen and oxygen atoms in total. The van der Waals surface area contributed by atoms with Gasteiger partial charge in [0.2, 0.25) is 11.5 Å². The van der Waals surface area contributed by atoms with Gasteiger partial charge in [0.1, 0.15) is 12.2 Å². The molecule has 0 radical (unpaired) electrons. The number of benzene rings is 1. The van der Waals surface area contributed by atoms with Gasteiger partial charge in [-0.25, -0.2) is 4.79 Å². The maximum absolute atomic E-state index is 13.4. The highest BCUT2D eigenvalue weighted by Crippen LogP contribution is 2.38. The Morgan fingerprint density at radius 2 is 1.92 bits per heavy atom. The molecule has 1 aliphatic heterocycles. The fourth-order valence-corrected chi connectivity index (χ4v) is 4.67. The van der Waals surface area contributed by atoms with Crippen LogP contribution < -0.4 is 5.32 Å². The second-order valence-corrected chi connectivity index (χ2v) is 9.98. The molecule has 0 bridgehead atoms. The first-order valence-corrected chi connectivity index (χ1v) is 12.2. The number of Topliss-reactive ketones (excluding diaryl/α,β-unsaturated/α-hetero) is 1. The highest BCUT2D eigenvalue weighted by molar-refractivity contribution is 6.38. The SMILES string of the molecule is CCCC[C@@H](C(=O)C(=O)N[C@H](C)c1ccccc1)N(C(=O)O)C1CC(C)(C)CN1C(=O)c1ccno1. The molecule has 1 aromatic heterocycles. The second-order valence-electron chi connectivity index (χ2n) is 9.98. The second kappa shape index (κ2) is 11.4. The summed E-state index contributed by atoms with van der Waals surface area (Å²) in [5.74, 6) is -2.23. The van der Waals surface area contributed by atoms with Crippen LogP contribution in [0.2, 0.25) is 0 Å². The Bertz CT molecular complexity index is 1070. The van der Waals surface area contributed by atoms with E-state index in [-0.39, 0.29) is 18.7 Å². The van der Waals surface area contributed by atoms with Crippen LogP contribution in [0.1, 0.15) is 75.5 Å². The molecular weight excluding hydrogens is 464 g/mol. The quantitative estimate of drug-likeness (QED) is 0.475. The molecule has 10 heteroatoms. The lowest BCUT2D eigenvalue weighted by Gasteiger charge is -2.37. The van der Waals surface area contributed by atoms with Crippen molar-refractivity contribution in [1.82, 2.24) is 20.3 Å². The van der Waals surface area contributed by atoms with Crippen molar-refractivity contribution in [3.63, 3.8) is 0 Å². The van der Waals surface area contributed by atoms with Crippen molar-refractivity contribution < 1.29 is 28.8 Å². The zero-order chi connectivity index (χ0) is 26.5. The van der Waals surface area contributed by atoms with Crippen LogP contribution in [-0.2, 0) is 9.59 Å². The fourth-order valence-electron chi connectivity index (χ4n) is 4.67. The van der Waals surface area contributed by atoms with Crippen molar-refractivity contribution in [2.75, 3.05) is 6.54 Å². The first-order valence-electron chi connectivity index (χ1n) is 12.2. The zero-order valence-electron chi connectivity index (χ0n) is 21.1. The molecule has 2 aromatic rings. The van der Waals surface area contributed by atoms with E-state index in [2.05, 4.69) is 10.5 Å². The van der Waals surface area contributed by atoms with Crippen LogP contribution in [0.15, 0.2) is 47.1 Å². The predicted octanol–water partition coefficient (Wildman–Crippen LogP) is 3.86. The Hall–Kier alpha value is -3.69. The van der Waals surface area contributed by atoms with E-state index in [1.165, 1.54) is 17.2 Å². The van der Waals surface area contributed by atoms with Crippen LogP contribution >= 0.6 is 0 Å². The van der Waals surface area contributed by atoms with Crippen molar-refractivity contribution in [2.24, 2.45) is 5.41 Å². The van der Waals surface area contributed by atoms with E-state index in [0.717, 1.165) is 10.5 Å². The summed E-state index contributed by atoms with van der Waals surface area (Å²) in [6.45, 7) is 7.78. The third kappa shape index (κ3) is 6.10. The summed E-state index contributed by atoms with van der Waals surface area (Å²) in [5.41, 5.74) is 0.399. The number of unbranched alkanes of at least 4 members (excludes halogenated alkanes) is 1. The van der Waals surface area contributed by atoms with E-state index in [1.807, 2.05) is 51.1 Å². The number of ketones is 1. The van der Waals surface area contributed by atoms with E-state index in [4.69, 9.17) is 4.52 Å². The predicted molar refractivity (Wildman–Crippen MR) is 131 cm³/mol. The van der Waals surface area contributed by atoms with Gasteiger partial charge >= 0.3 is 6.09 Å². The minimum absolute atomic E-state index is 0.0195. The summed E-state index contributed by atoms with van der Waals surface area (Å²) in [7, 11) is 0. The normalized spacial score (nSPS) is 18.3. The first kappa shape index (κ1) is 26.9. The number of amides is 3. The Kier molecular flexibility index (Phi) is 8.49. The van der Waals surface area contributed by atoms with Gasteiger partial charge in [0.25, 0.3) is 11.8 Å². The number of carbonyl (C=O) groups is 4. The Labute approximate surface area is 210 Å². The molecular formula is C26H34N4O6. The molecule has 0 aliphatic carbocycles. The average molecular weight is 499 g/mol. The van der Waals surface area contributed by atoms with Gasteiger partial charge in [-0.15, -0.1) is 0 Å². The lowest BCUT2D eigenvalue weighted by atomic mass is 9.91. The van der Waals surface area contributed by atoms with Gasteiger partial charge < -0.3 is 19.8 Å². The highest BCUT2D eigenvalue weighted by atomic mass is 16.5. The van der Waals surface area contributed by atoms with E-state index in [1.54, 1.807) is 6.92 Å². The summed E-state index contributed by atoms with van der Waals surface area (Å²) >= 11 is 0. The minimum atomic E-state index is -1.37. The Balaban J connectivity index is 1.90. The largest absolute Gasteiger partial charge is 0.465 e. The Morgan fingerprint density at radius 3 is 2.50 bits per heavy atom. The number of hydrogen-bond acceptors (Lipinski definition) is 6. The number of carboxylic acid groups (broad SMARTS) is 1. The van der Waals surface area contributed by atoms with Gasteiger partial charge in [0.05, 0.1) is 12.2 Å². The zero-order valence-corrected chi connectivity index (χ0v) is 21.1. The highest BCUT2D eigenvalue weighted by Gasteiger charge is 2.49.